The van der Waals surface area contributed by atoms with Crippen LogP contribution in [0.5, 0.6) is 0 Å². The molecule has 1 saturated heterocycles. The van der Waals surface area contributed by atoms with E-state index in [1.54, 1.807) is 24.3 Å². The van der Waals surface area contributed by atoms with Gasteiger partial charge in [0.25, 0.3) is 0 Å². The topological polar surface area (TPSA) is 92.5 Å². The Balaban J connectivity index is 2.23. The van der Waals surface area contributed by atoms with Gasteiger partial charge in [-0.1, -0.05) is 12.1 Å². The molecule has 0 aromatic heterocycles. The lowest BCUT2D eigenvalue weighted by Crippen LogP contribution is -2.34. The molecule has 3 N–H and O–H groups in total. The third kappa shape index (κ3) is 3.17. The predicted octanol–water partition coefficient (Wildman–Crippen LogP) is 0.217. The number of nitrogens with two attached hydrogens (primary N) is 1. The minimum absolute atomic E-state index is 0.116. The molecular weight excluding hydrogens is 278 g/mol. The minimum atomic E-state index is -3.55. The SMILES string of the molecule is CC(N)c1ccc(S(=O)(=O)N2CCNC(=O)CC2)cc1. The van der Waals surface area contributed by atoms with Crippen LogP contribution in [0.4, 0.5) is 0 Å². The number of nitrogens with zero attached hydrogens (tertiary/aromatic N) is 1. The van der Waals surface area contributed by atoms with Gasteiger partial charge in [-0.15, -0.1) is 0 Å². The fraction of sp³-hybridized carbons (Fsp3) is 0.462. The average molecular weight is 297 g/mol. The monoisotopic (exact) mass is 297 g/mol. The number of rotatable bonds is 3. The van der Waals surface area contributed by atoms with Crippen molar-refractivity contribution in [3.8, 4) is 0 Å². The third-order valence-electron chi connectivity index (χ3n) is 3.32. The van der Waals surface area contributed by atoms with Gasteiger partial charge in [0.05, 0.1) is 4.90 Å². The predicted molar refractivity (Wildman–Crippen MR) is 75.4 cm³/mol. The largest absolute Gasteiger partial charge is 0.355 e. The zero-order chi connectivity index (χ0) is 14.8. The maximum atomic E-state index is 12.5. The molecule has 0 spiro atoms. The normalized spacial score (nSPS) is 19.2. The zero-order valence-electron chi connectivity index (χ0n) is 11.4. The van der Waals surface area contributed by atoms with Gasteiger partial charge in [0.15, 0.2) is 0 Å². The number of carbonyl (C=O) groups is 1. The van der Waals surface area contributed by atoms with Gasteiger partial charge in [-0.2, -0.15) is 4.31 Å². The van der Waals surface area contributed by atoms with Crippen molar-refractivity contribution in [3.63, 3.8) is 0 Å². The summed E-state index contributed by atoms with van der Waals surface area (Å²) in [7, 11) is -3.55. The summed E-state index contributed by atoms with van der Waals surface area (Å²) < 4.78 is 26.3. The van der Waals surface area contributed by atoms with Gasteiger partial charge in [-0.25, -0.2) is 8.42 Å². The van der Waals surface area contributed by atoms with E-state index >= 15 is 0 Å². The first kappa shape index (κ1) is 15.0. The summed E-state index contributed by atoms with van der Waals surface area (Å²) in [5.74, 6) is -0.116. The summed E-state index contributed by atoms with van der Waals surface area (Å²) in [6.45, 7) is 2.69. The lowest BCUT2D eigenvalue weighted by molar-refractivity contribution is -0.120. The Morgan fingerprint density at radius 3 is 2.50 bits per heavy atom. The summed E-state index contributed by atoms with van der Waals surface area (Å²) in [5.41, 5.74) is 6.63. The molecule has 0 aliphatic carbocycles. The Morgan fingerprint density at radius 1 is 1.25 bits per heavy atom. The first-order valence-corrected chi connectivity index (χ1v) is 7.97. The van der Waals surface area contributed by atoms with E-state index in [0.29, 0.717) is 13.1 Å². The van der Waals surface area contributed by atoms with Crippen LogP contribution in [0.3, 0.4) is 0 Å². The average Bonchev–Trinajstić information content (AvgIpc) is 2.64. The molecule has 0 saturated carbocycles. The van der Waals surface area contributed by atoms with E-state index in [-0.39, 0.29) is 29.8 Å². The van der Waals surface area contributed by atoms with Gasteiger partial charge >= 0.3 is 0 Å². The molecule has 1 unspecified atom stereocenters. The van der Waals surface area contributed by atoms with Crippen molar-refractivity contribution in [2.75, 3.05) is 19.6 Å². The van der Waals surface area contributed by atoms with E-state index in [0.717, 1.165) is 5.56 Å². The Kier molecular flexibility index (Phi) is 4.42. The van der Waals surface area contributed by atoms with Gasteiger partial charge in [0, 0.05) is 32.1 Å². The number of nitrogens with one attached hydrogen (secondary N) is 1. The molecular formula is C13H19N3O3S. The lowest BCUT2D eigenvalue weighted by Gasteiger charge is -2.19. The number of benzene rings is 1. The Bertz CT molecular complexity index is 581. The van der Waals surface area contributed by atoms with Gasteiger partial charge in [-0.3, -0.25) is 4.79 Å². The van der Waals surface area contributed by atoms with Gasteiger partial charge < -0.3 is 11.1 Å². The van der Waals surface area contributed by atoms with E-state index in [4.69, 9.17) is 5.73 Å². The zero-order valence-corrected chi connectivity index (χ0v) is 12.2. The van der Waals surface area contributed by atoms with Crippen molar-refractivity contribution >= 4 is 15.9 Å². The maximum absolute atomic E-state index is 12.5. The fourth-order valence-corrected chi connectivity index (χ4v) is 3.52. The molecule has 1 aliphatic heterocycles. The van der Waals surface area contributed by atoms with E-state index in [2.05, 4.69) is 5.32 Å². The number of amides is 1. The van der Waals surface area contributed by atoms with E-state index in [1.165, 1.54) is 4.31 Å². The standard InChI is InChI=1S/C13H19N3O3S/c1-10(14)11-2-4-12(5-3-11)20(18,19)16-8-6-13(17)15-7-9-16/h2-5,10H,6-9,14H2,1H3,(H,15,17). The van der Waals surface area contributed by atoms with Crippen molar-refractivity contribution in [1.29, 1.82) is 0 Å². The van der Waals surface area contributed by atoms with Gasteiger partial charge in [-0.05, 0) is 24.6 Å². The lowest BCUT2D eigenvalue weighted by atomic mass is 10.1. The van der Waals surface area contributed by atoms with Gasteiger partial charge in [0.1, 0.15) is 0 Å². The Hall–Kier alpha value is -1.44. The van der Waals surface area contributed by atoms with Crippen LogP contribution in [-0.2, 0) is 14.8 Å². The number of hydrogen-bond donors (Lipinski definition) is 2. The summed E-state index contributed by atoms with van der Waals surface area (Å²) in [4.78, 5) is 11.5. The molecule has 2 rings (SSSR count). The second-order valence-electron chi connectivity index (χ2n) is 4.86. The highest BCUT2D eigenvalue weighted by Crippen LogP contribution is 2.19. The summed E-state index contributed by atoms with van der Waals surface area (Å²) in [6.07, 6.45) is 0.192. The van der Waals surface area contributed by atoms with Gasteiger partial charge in [0.2, 0.25) is 15.9 Å². The maximum Gasteiger partial charge on any atom is 0.243 e. The van der Waals surface area contributed by atoms with Crippen molar-refractivity contribution < 1.29 is 13.2 Å². The van der Waals surface area contributed by atoms with Crippen LogP contribution in [0.25, 0.3) is 0 Å². The van der Waals surface area contributed by atoms with E-state index in [1.807, 2.05) is 6.92 Å². The van der Waals surface area contributed by atoms with Crippen LogP contribution in [0.15, 0.2) is 29.2 Å². The Morgan fingerprint density at radius 2 is 1.90 bits per heavy atom. The molecule has 1 heterocycles. The molecule has 1 aliphatic rings. The first-order chi connectivity index (χ1) is 9.41. The third-order valence-corrected chi connectivity index (χ3v) is 5.23. The smallest absolute Gasteiger partial charge is 0.243 e. The van der Waals surface area contributed by atoms with Crippen LogP contribution in [0.1, 0.15) is 24.9 Å². The molecule has 1 atom stereocenters. The molecule has 0 bridgehead atoms. The fourth-order valence-electron chi connectivity index (χ4n) is 2.08. The van der Waals surface area contributed by atoms with Crippen molar-refractivity contribution in [1.82, 2.24) is 9.62 Å². The van der Waals surface area contributed by atoms with Crippen LogP contribution in [-0.4, -0.2) is 38.3 Å². The molecule has 20 heavy (non-hydrogen) atoms. The van der Waals surface area contributed by atoms with Crippen LogP contribution in [0, 0.1) is 0 Å². The van der Waals surface area contributed by atoms with E-state index < -0.39 is 10.0 Å². The molecule has 6 nitrogen and oxygen atoms in total. The molecule has 0 radical (unpaired) electrons. The highest BCUT2D eigenvalue weighted by atomic mass is 32.2. The Labute approximate surface area is 119 Å². The van der Waals surface area contributed by atoms with Crippen LogP contribution < -0.4 is 11.1 Å². The molecule has 1 amide bonds. The molecule has 1 aromatic rings. The molecule has 1 fully saturated rings. The van der Waals surface area contributed by atoms with Crippen molar-refractivity contribution in [2.45, 2.75) is 24.3 Å². The minimum Gasteiger partial charge on any atom is -0.355 e. The molecule has 7 heteroatoms. The highest BCUT2D eigenvalue weighted by molar-refractivity contribution is 7.89. The second kappa shape index (κ2) is 5.90. The highest BCUT2D eigenvalue weighted by Gasteiger charge is 2.26. The first-order valence-electron chi connectivity index (χ1n) is 6.53. The second-order valence-corrected chi connectivity index (χ2v) is 6.80. The van der Waals surface area contributed by atoms with Crippen molar-refractivity contribution in [3.05, 3.63) is 29.8 Å². The number of carbonyl (C=O) groups excluding carboxylic acids is 1. The summed E-state index contributed by atoms with van der Waals surface area (Å²) in [6, 6.07) is 6.44. The molecule has 110 valence electrons. The van der Waals surface area contributed by atoms with Crippen molar-refractivity contribution in [2.24, 2.45) is 5.73 Å². The number of sulfonamides is 1. The van der Waals surface area contributed by atoms with Crippen LogP contribution >= 0.6 is 0 Å². The number of hydrogen-bond acceptors (Lipinski definition) is 4. The molecule has 1 aromatic carbocycles. The summed E-state index contributed by atoms with van der Waals surface area (Å²) in [5, 5.41) is 2.66. The quantitative estimate of drug-likeness (QED) is 0.834. The van der Waals surface area contributed by atoms with Crippen LogP contribution in [0.2, 0.25) is 0 Å². The summed E-state index contributed by atoms with van der Waals surface area (Å²) >= 11 is 0. The van der Waals surface area contributed by atoms with E-state index in [9.17, 15) is 13.2 Å².